The van der Waals surface area contributed by atoms with Gasteiger partial charge in [-0.3, -0.25) is 9.78 Å². The predicted octanol–water partition coefficient (Wildman–Crippen LogP) is 3.21. The Morgan fingerprint density at radius 1 is 1.55 bits per heavy atom. The van der Waals surface area contributed by atoms with Gasteiger partial charge in [0.2, 0.25) is 0 Å². The summed E-state index contributed by atoms with van der Waals surface area (Å²) in [5.41, 5.74) is -0.563. The summed E-state index contributed by atoms with van der Waals surface area (Å²) in [5.74, 6) is -0.674. The van der Waals surface area contributed by atoms with E-state index in [9.17, 15) is 10.1 Å². The smallest absolute Gasteiger partial charge is 0.155 e. The Kier molecular flexibility index (Phi) is 3.99. The molecule has 1 aliphatic carbocycles. The van der Waals surface area contributed by atoms with E-state index in [-0.39, 0.29) is 5.78 Å². The van der Waals surface area contributed by atoms with E-state index in [1.54, 1.807) is 13.3 Å². The highest BCUT2D eigenvalue weighted by Crippen LogP contribution is 2.49. The van der Waals surface area contributed by atoms with Crippen LogP contribution < -0.4 is 0 Å². The average molecular weight is 337 g/mol. The van der Waals surface area contributed by atoms with Gasteiger partial charge < -0.3 is 4.74 Å². The first kappa shape index (κ1) is 15.1. The molecule has 0 saturated heterocycles. The van der Waals surface area contributed by atoms with Crippen LogP contribution in [0.3, 0.4) is 0 Å². The lowest BCUT2D eigenvalue weighted by atomic mass is 9.63. The monoisotopic (exact) mass is 336 g/mol. The second-order valence-electron chi connectivity index (χ2n) is 5.84. The highest BCUT2D eigenvalue weighted by Gasteiger charge is 2.52. The van der Waals surface area contributed by atoms with Crippen LogP contribution in [0.5, 0.6) is 0 Å². The van der Waals surface area contributed by atoms with Gasteiger partial charge in [-0.15, -0.1) is 0 Å². The number of ketones is 1. The van der Waals surface area contributed by atoms with Crippen LogP contribution in [-0.2, 0) is 15.1 Å². The van der Waals surface area contributed by atoms with Crippen molar-refractivity contribution in [3.63, 3.8) is 0 Å². The van der Waals surface area contributed by atoms with Gasteiger partial charge in [-0.2, -0.15) is 5.26 Å². The molecule has 0 spiro atoms. The molecule has 5 heteroatoms. The number of nitrogens with zero attached hydrogens (tertiary/aromatic N) is 2. The zero-order valence-corrected chi connectivity index (χ0v) is 13.4. The largest absolute Gasteiger partial charge is 0.372 e. The zero-order chi connectivity index (χ0) is 15.0. The molecular weight excluding hydrogens is 320 g/mol. The quantitative estimate of drug-likeness (QED) is 0.831. The molecule has 106 valence electrons. The van der Waals surface area contributed by atoms with Crippen LogP contribution in [0.2, 0.25) is 0 Å². The SMILES string of the molecule is COC1(c2ncccc2Br)CC(C#N)C(=O)C(C)(C)C1. The standard InChI is InChI=1S/C15H17BrN2O2/c1-14(2)9-15(20-3,7-10(8-17)13(14)19)12-11(16)5-4-6-18-12/h4-6,10H,7,9H2,1-3H3. The minimum absolute atomic E-state index is 0.0141. The Hall–Kier alpha value is -1.25. The van der Waals surface area contributed by atoms with Crippen LogP contribution in [0.15, 0.2) is 22.8 Å². The van der Waals surface area contributed by atoms with Crippen LogP contribution in [0.4, 0.5) is 0 Å². The summed E-state index contributed by atoms with van der Waals surface area (Å²) < 4.78 is 6.60. The van der Waals surface area contributed by atoms with Gasteiger partial charge in [-0.1, -0.05) is 13.8 Å². The Bertz CT molecular complexity index is 579. The van der Waals surface area contributed by atoms with Crippen LogP contribution in [0, 0.1) is 22.7 Å². The van der Waals surface area contributed by atoms with Crippen molar-refractivity contribution in [1.29, 1.82) is 5.26 Å². The summed E-state index contributed by atoms with van der Waals surface area (Å²) in [5, 5.41) is 9.28. The fourth-order valence-electron chi connectivity index (χ4n) is 3.03. The number of carbonyl (C=O) groups excluding carboxylic acids is 1. The van der Waals surface area contributed by atoms with Gasteiger partial charge in [0.1, 0.15) is 11.5 Å². The van der Waals surface area contributed by atoms with Crippen LogP contribution in [-0.4, -0.2) is 17.9 Å². The fourth-order valence-corrected chi connectivity index (χ4v) is 3.64. The number of rotatable bonds is 2. The number of ether oxygens (including phenoxy) is 1. The maximum Gasteiger partial charge on any atom is 0.155 e. The first-order valence-electron chi connectivity index (χ1n) is 6.46. The summed E-state index contributed by atoms with van der Waals surface area (Å²) in [4.78, 5) is 16.7. The molecule has 2 unspecified atom stereocenters. The third-order valence-corrected chi connectivity index (χ3v) is 4.62. The second kappa shape index (κ2) is 5.27. The Morgan fingerprint density at radius 3 is 2.80 bits per heavy atom. The number of hydrogen-bond acceptors (Lipinski definition) is 4. The predicted molar refractivity (Wildman–Crippen MR) is 77.7 cm³/mol. The molecule has 1 saturated carbocycles. The van der Waals surface area contributed by atoms with Crippen molar-refractivity contribution >= 4 is 21.7 Å². The lowest BCUT2D eigenvalue weighted by molar-refractivity contribution is -0.148. The van der Waals surface area contributed by atoms with Crippen molar-refractivity contribution in [3.05, 3.63) is 28.5 Å². The third-order valence-electron chi connectivity index (χ3n) is 3.98. The van der Waals surface area contributed by atoms with Crippen LogP contribution >= 0.6 is 15.9 Å². The minimum atomic E-state index is -0.710. The normalized spacial score (nSPS) is 28.9. The minimum Gasteiger partial charge on any atom is -0.372 e. The number of carbonyl (C=O) groups is 1. The molecule has 0 bridgehead atoms. The zero-order valence-electron chi connectivity index (χ0n) is 11.8. The maximum absolute atomic E-state index is 12.3. The number of aromatic nitrogens is 1. The van der Waals surface area contributed by atoms with E-state index in [4.69, 9.17) is 4.74 Å². The fraction of sp³-hybridized carbons (Fsp3) is 0.533. The third kappa shape index (κ3) is 2.38. The number of hydrogen-bond donors (Lipinski definition) is 0. The van der Waals surface area contributed by atoms with Crippen molar-refractivity contribution < 1.29 is 9.53 Å². The number of nitriles is 1. The second-order valence-corrected chi connectivity index (χ2v) is 6.70. The molecule has 2 rings (SSSR count). The average Bonchev–Trinajstić information content (AvgIpc) is 2.42. The van der Waals surface area contributed by atoms with Crippen molar-refractivity contribution in [2.45, 2.75) is 32.3 Å². The molecule has 4 nitrogen and oxygen atoms in total. The van der Waals surface area contributed by atoms with E-state index in [2.05, 4.69) is 27.0 Å². The van der Waals surface area contributed by atoms with E-state index in [1.165, 1.54) is 0 Å². The van der Waals surface area contributed by atoms with Crippen molar-refractivity contribution in [2.75, 3.05) is 7.11 Å². The van der Waals surface area contributed by atoms with E-state index in [1.807, 2.05) is 26.0 Å². The summed E-state index contributed by atoms with van der Waals surface area (Å²) in [6, 6.07) is 5.84. The highest BCUT2D eigenvalue weighted by molar-refractivity contribution is 9.10. The maximum atomic E-state index is 12.3. The molecule has 1 aromatic heterocycles. The number of pyridine rings is 1. The lowest BCUT2D eigenvalue weighted by Gasteiger charge is -2.44. The molecule has 0 radical (unpaired) electrons. The summed E-state index contributed by atoms with van der Waals surface area (Å²) in [6.45, 7) is 3.73. The van der Waals surface area contributed by atoms with Crippen molar-refractivity contribution in [2.24, 2.45) is 11.3 Å². The molecule has 1 heterocycles. The van der Waals surface area contributed by atoms with Gasteiger partial charge in [0.15, 0.2) is 5.78 Å². The Morgan fingerprint density at radius 2 is 2.25 bits per heavy atom. The summed E-state index contributed by atoms with van der Waals surface area (Å²) in [6.07, 6.45) is 2.56. The Balaban J connectivity index is 2.54. The van der Waals surface area contributed by atoms with E-state index in [0.29, 0.717) is 12.8 Å². The van der Waals surface area contributed by atoms with Crippen molar-refractivity contribution in [1.82, 2.24) is 4.98 Å². The molecular formula is C15H17BrN2O2. The summed E-state index contributed by atoms with van der Waals surface area (Å²) in [7, 11) is 1.61. The van der Waals surface area contributed by atoms with Gasteiger partial charge in [0, 0.05) is 29.6 Å². The molecule has 1 fully saturated rings. The van der Waals surface area contributed by atoms with Gasteiger partial charge >= 0.3 is 0 Å². The molecule has 0 amide bonds. The van der Waals surface area contributed by atoms with Crippen LogP contribution in [0.25, 0.3) is 0 Å². The summed E-state index contributed by atoms with van der Waals surface area (Å²) >= 11 is 3.49. The van der Waals surface area contributed by atoms with Gasteiger partial charge in [-0.05, 0) is 34.5 Å². The Labute approximate surface area is 127 Å². The highest BCUT2D eigenvalue weighted by atomic mass is 79.9. The molecule has 1 aromatic rings. The first-order valence-corrected chi connectivity index (χ1v) is 7.26. The van der Waals surface area contributed by atoms with Gasteiger partial charge in [0.05, 0.1) is 11.8 Å². The van der Waals surface area contributed by atoms with E-state index < -0.39 is 16.9 Å². The molecule has 0 aromatic carbocycles. The number of methoxy groups -OCH3 is 1. The lowest BCUT2D eigenvalue weighted by Crippen LogP contribution is -2.48. The van der Waals surface area contributed by atoms with Crippen molar-refractivity contribution in [3.8, 4) is 6.07 Å². The molecule has 20 heavy (non-hydrogen) atoms. The van der Waals surface area contributed by atoms with Crippen LogP contribution in [0.1, 0.15) is 32.4 Å². The molecule has 0 N–H and O–H groups in total. The topological polar surface area (TPSA) is 63.0 Å². The molecule has 0 aliphatic heterocycles. The van der Waals surface area contributed by atoms with Gasteiger partial charge in [0.25, 0.3) is 0 Å². The first-order chi connectivity index (χ1) is 9.36. The molecule has 1 aliphatic rings. The van der Waals surface area contributed by atoms with E-state index in [0.717, 1.165) is 10.2 Å². The number of halogens is 1. The van der Waals surface area contributed by atoms with Gasteiger partial charge in [-0.25, -0.2) is 0 Å². The molecule has 2 atom stereocenters. The number of Topliss-reactive ketones (excluding diaryl/α,β-unsaturated/α-hetero) is 1. The van der Waals surface area contributed by atoms with E-state index >= 15 is 0 Å².